The fraction of sp³-hybridized carbons (Fsp3) is 0. The van der Waals surface area contributed by atoms with Crippen LogP contribution in [0.1, 0.15) is 15.4 Å². The van der Waals surface area contributed by atoms with Crippen molar-refractivity contribution in [3.63, 3.8) is 0 Å². The van der Waals surface area contributed by atoms with Crippen LogP contribution in [0, 0.1) is 5.82 Å². The van der Waals surface area contributed by atoms with Crippen molar-refractivity contribution in [2.75, 3.05) is 0 Å². The van der Waals surface area contributed by atoms with Gasteiger partial charge in [0.1, 0.15) is 11.5 Å². The van der Waals surface area contributed by atoms with Crippen molar-refractivity contribution in [3.05, 3.63) is 74.7 Å². The van der Waals surface area contributed by atoms with E-state index >= 15 is 0 Å². The number of H-pyrrole nitrogens is 1. The molecule has 0 saturated heterocycles. The van der Waals surface area contributed by atoms with Crippen molar-refractivity contribution in [3.8, 4) is 11.3 Å². The van der Waals surface area contributed by atoms with Crippen molar-refractivity contribution >= 4 is 23.5 Å². The summed E-state index contributed by atoms with van der Waals surface area (Å²) in [6.45, 7) is 0. The number of rotatable bonds is 4. The van der Waals surface area contributed by atoms with Crippen LogP contribution < -0.4 is 11.1 Å². The van der Waals surface area contributed by atoms with E-state index < -0.39 is 17.4 Å². The molecule has 3 aromatic rings. The number of benzene rings is 1. The summed E-state index contributed by atoms with van der Waals surface area (Å²) >= 11 is 1.47. The number of aromatic nitrogens is 2. The predicted molar refractivity (Wildman–Crippen MR) is 89.6 cm³/mol. The molecule has 2 N–H and O–H groups in total. The Bertz CT molecular complexity index is 933. The molecule has 120 valence electrons. The van der Waals surface area contributed by atoms with E-state index in [1.807, 2.05) is 17.5 Å². The minimum atomic E-state index is -0.677. The highest BCUT2D eigenvalue weighted by molar-refractivity contribution is 7.11. The van der Waals surface area contributed by atoms with E-state index in [0.29, 0.717) is 5.56 Å². The molecule has 0 atom stereocenters. The van der Waals surface area contributed by atoms with Gasteiger partial charge in [-0.2, -0.15) is 10.1 Å². The van der Waals surface area contributed by atoms with E-state index in [1.54, 1.807) is 0 Å². The first-order valence-corrected chi connectivity index (χ1v) is 7.74. The van der Waals surface area contributed by atoms with Gasteiger partial charge in [0, 0.05) is 10.4 Å². The summed E-state index contributed by atoms with van der Waals surface area (Å²) in [5.41, 5.74) is 2.46. The fourth-order valence-electron chi connectivity index (χ4n) is 1.93. The monoisotopic (exact) mass is 342 g/mol. The number of nitrogens with one attached hydrogen (secondary N) is 2. The number of aromatic amines is 1. The minimum absolute atomic E-state index is 0.0117. The first-order valence-electron chi connectivity index (χ1n) is 6.86. The van der Waals surface area contributed by atoms with Crippen LogP contribution in [0.15, 0.2) is 57.7 Å². The van der Waals surface area contributed by atoms with Gasteiger partial charge in [0.2, 0.25) is 0 Å². The lowest BCUT2D eigenvalue weighted by molar-refractivity contribution is 0.0949. The second-order valence-corrected chi connectivity index (χ2v) is 5.69. The molecule has 0 bridgehead atoms. The smallest absolute Gasteiger partial charge is 0.301 e. The van der Waals surface area contributed by atoms with Gasteiger partial charge < -0.3 is 4.98 Å². The molecule has 0 spiro atoms. The Hall–Kier alpha value is -3.13. The van der Waals surface area contributed by atoms with E-state index in [0.717, 1.165) is 4.88 Å². The Morgan fingerprint density at radius 2 is 2.08 bits per heavy atom. The number of carbonyl (C=O) groups excluding carboxylic acids is 1. The molecular formula is C16H11FN4O2S. The molecule has 0 radical (unpaired) electrons. The second kappa shape index (κ2) is 6.97. The van der Waals surface area contributed by atoms with E-state index in [1.165, 1.54) is 47.9 Å². The summed E-state index contributed by atoms with van der Waals surface area (Å²) in [4.78, 5) is 30.8. The van der Waals surface area contributed by atoms with Crippen LogP contribution in [0.2, 0.25) is 0 Å². The molecule has 1 amide bonds. The molecule has 6 nitrogen and oxygen atoms in total. The molecule has 0 unspecified atom stereocenters. The Morgan fingerprint density at radius 1 is 1.29 bits per heavy atom. The fourth-order valence-corrected chi connectivity index (χ4v) is 2.51. The molecule has 3 rings (SSSR count). The Labute approximate surface area is 139 Å². The van der Waals surface area contributed by atoms with Gasteiger partial charge >= 0.3 is 5.69 Å². The van der Waals surface area contributed by atoms with Gasteiger partial charge in [-0.3, -0.25) is 4.79 Å². The summed E-state index contributed by atoms with van der Waals surface area (Å²) in [6.07, 6.45) is 1.50. The third kappa shape index (κ3) is 3.79. The predicted octanol–water partition coefficient (Wildman–Crippen LogP) is 2.40. The highest BCUT2D eigenvalue weighted by atomic mass is 32.1. The van der Waals surface area contributed by atoms with Crippen LogP contribution >= 0.6 is 11.3 Å². The SMILES string of the molecule is O=C(N/N=C/c1cccs1)c1cc(-c2ccc(F)cc2)nc(=O)[nH]1. The van der Waals surface area contributed by atoms with Gasteiger partial charge in [-0.15, -0.1) is 11.3 Å². The van der Waals surface area contributed by atoms with Gasteiger partial charge in [-0.1, -0.05) is 6.07 Å². The van der Waals surface area contributed by atoms with Gasteiger partial charge in [0.15, 0.2) is 0 Å². The molecule has 2 aromatic heterocycles. The normalized spacial score (nSPS) is 10.9. The summed E-state index contributed by atoms with van der Waals surface area (Å²) in [5, 5.41) is 5.72. The van der Waals surface area contributed by atoms with Crippen LogP contribution in [0.25, 0.3) is 11.3 Å². The average Bonchev–Trinajstić information content (AvgIpc) is 3.08. The number of nitrogens with zero attached hydrogens (tertiary/aromatic N) is 2. The van der Waals surface area contributed by atoms with Crippen LogP contribution in [-0.4, -0.2) is 22.1 Å². The zero-order chi connectivity index (χ0) is 16.9. The van der Waals surface area contributed by atoms with Crippen molar-refractivity contribution < 1.29 is 9.18 Å². The molecule has 8 heteroatoms. The maximum absolute atomic E-state index is 13.0. The number of carbonyl (C=O) groups is 1. The number of thiophene rings is 1. The van der Waals surface area contributed by atoms with Crippen molar-refractivity contribution in [1.29, 1.82) is 0 Å². The Balaban J connectivity index is 1.81. The molecular weight excluding hydrogens is 331 g/mol. The van der Waals surface area contributed by atoms with E-state index in [9.17, 15) is 14.0 Å². The van der Waals surface area contributed by atoms with Gasteiger partial charge in [-0.05, 0) is 41.8 Å². The molecule has 0 aliphatic rings. The number of amides is 1. The van der Waals surface area contributed by atoms with Crippen molar-refractivity contribution in [2.45, 2.75) is 0 Å². The standard InChI is InChI=1S/C16H11FN4O2S/c17-11-5-3-10(4-6-11)13-8-14(20-16(23)19-13)15(22)21-18-9-12-2-1-7-24-12/h1-9H,(H,21,22)(H,19,20,23)/b18-9+. The molecule has 24 heavy (non-hydrogen) atoms. The summed E-state index contributed by atoms with van der Waals surface area (Å²) in [5.74, 6) is -0.977. The number of halogens is 1. The van der Waals surface area contributed by atoms with Crippen molar-refractivity contribution in [2.24, 2.45) is 5.10 Å². The van der Waals surface area contributed by atoms with Crippen LogP contribution in [0.3, 0.4) is 0 Å². The second-order valence-electron chi connectivity index (χ2n) is 4.71. The highest BCUT2D eigenvalue weighted by Crippen LogP contribution is 2.16. The third-order valence-electron chi connectivity index (χ3n) is 3.03. The Morgan fingerprint density at radius 3 is 2.79 bits per heavy atom. The number of hydrogen-bond donors (Lipinski definition) is 2. The van der Waals surface area contributed by atoms with Crippen LogP contribution in [0.4, 0.5) is 4.39 Å². The third-order valence-corrected chi connectivity index (χ3v) is 3.84. The van der Waals surface area contributed by atoms with Gasteiger partial charge in [0.05, 0.1) is 11.9 Å². The lowest BCUT2D eigenvalue weighted by Crippen LogP contribution is -2.24. The number of hydrazone groups is 1. The number of hydrogen-bond acceptors (Lipinski definition) is 5. The molecule has 1 aromatic carbocycles. The molecule has 2 heterocycles. The van der Waals surface area contributed by atoms with Crippen LogP contribution in [-0.2, 0) is 0 Å². The van der Waals surface area contributed by atoms with E-state index in [2.05, 4.69) is 20.5 Å². The highest BCUT2D eigenvalue weighted by Gasteiger charge is 2.10. The first-order chi connectivity index (χ1) is 11.6. The molecule has 0 fully saturated rings. The Kier molecular flexibility index (Phi) is 4.57. The topological polar surface area (TPSA) is 87.2 Å². The van der Waals surface area contributed by atoms with E-state index in [4.69, 9.17) is 0 Å². The maximum atomic E-state index is 13.0. The lowest BCUT2D eigenvalue weighted by Gasteiger charge is -2.03. The van der Waals surface area contributed by atoms with Crippen LogP contribution in [0.5, 0.6) is 0 Å². The zero-order valence-corrected chi connectivity index (χ0v) is 13.0. The molecule has 0 aliphatic carbocycles. The molecule has 0 saturated carbocycles. The molecule has 0 aliphatic heterocycles. The summed E-state index contributed by atoms with van der Waals surface area (Å²) < 4.78 is 13.0. The lowest BCUT2D eigenvalue weighted by atomic mass is 10.1. The first kappa shape index (κ1) is 15.8. The quantitative estimate of drug-likeness (QED) is 0.564. The summed E-state index contributed by atoms with van der Waals surface area (Å²) in [6, 6.07) is 10.6. The van der Waals surface area contributed by atoms with Gasteiger partial charge in [0.25, 0.3) is 5.91 Å². The van der Waals surface area contributed by atoms with Gasteiger partial charge in [-0.25, -0.2) is 14.6 Å². The average molecular weight is 342 g/mol. The minimum Gasteiger partial charge on any atom is -0.301 e. The van der Waals surface area contributed by atoms with E-state index in [-0.39, 0.29) is 11.4 Å². The largest absolute Gasteiger partial charge is 0.346 e. The zero-order valence-electron chi connectivity index (χ0n) is 12.2. The maximum Gasteiger partial charge on any atom is 0.346 e. The summed E-state index contributed by atoms with van der Waals surface area (Å²) in [7, 11) is 0. The van der Waals surface area contributed by atoms with Crippen molar-refractivity contribution in [1.82, 2.24) is 15.4 Å².